The highest BCUT2D eigenvalue weighted by atomic mass is 15.1. The molecule has 0 aromatic carbocycles. The van der Waals surface area contributed by atoms with Crippen molar-refractivity contribution in [3.63, 3.8) is 0 Å². The topological polar surface area (TPSA) is 42.7 Å². The second kappa shape index (κ2) is 5.65. The third kappa shape index (κ3) is 2.42. The van der Waals surface area contributed by atoms with Crippen LogP contribution in [-0.2, 0) is 19.4 Å². The van der Waals surface area contributed by atoms with Gasteiger partial charge >= 0.3 is 0 Å². The summed E-state index contributed by atoms with van der Waals surface area (Å²) in [5.74, 6) is 2.12. The minimum absolute atomic E-state index is 0.865. The zero-order valence-corrected chi connectivity index (χ0v) is 12.3. The van der Waals surface area contributed by atoms with Gasteiger partial charge in [-0.2, -0.15) is 0 Å². The van der Waals surface area contributed by atoms with Gasteiger partial charge in [0.1, 0.15) is 11.6 Å². The van der Waals surface area contributed by atoms with Crippen LogP contribution in [0.4, 0.5) is 5.82 Å². The van der Waals surface area contributed by atoms with E-state index in [1.807, 2.05) is 12.3 Å². The monoisotopic (exact) mass is 270 g/mol. The van der Waals surface area contributed by atoms with Crippen LogP contribution in [0.5, 0.6) is 0 Å². The van der Waals surface area contributed by atoms with Crippen molar-refractivity contribution in [1.29, 1.82) is 0 Å². The summed E-state index contributed by atoms with van der Waals surface area (Å²) in [4.78, 5) is 9.19. The van der Waals surface area contributed by atoms with Gasteiger partial charge in [0.05, 0.1) is 12.2 Å². The van der Waals surface area contributed by atoms with Crippen LogP contribution < -0.4 is 5.32 Å². The summed E-state index contributed by atoms with van der Waals surface area (Å²) in [5, 5.41) is 3.34. The summed E-state index contributed by atoms with van der Waals surface area (Å²) < 4.78 is 2.37. The van der Waals surface area contributed by atoms with Gasteiger partial charge in [0.2, 0.25) is 0 Å². The van der Waals surface area contributed by atoms with Gasteiger partial charge in [0.25, 0.3) is 0 Å². The molecular weight excluding hydrogens is 248 g/mol. The summed E-state index contributed by atoms with van der Waals surface area (Å²) in [6.07, 6.45) is 6.70. The molecule has 2 aromatic heterocycles. The van der Waals surface area contributed by atoms with Crippen LogP contribution in [0.3, 0.4) is 0 Å². The SMILES string of the molecule is CCNc1ncccc1Cn1c(C)nc2c1CCCC2. The molecule has 0 amide bonds. The maximum Gasteiger partial charge on any atom is 0.130 e. The van der Waals surface area contributed by atoms with Gasteiger partial charge < -0.3 is 9.88 Å². The number of nitrogens with zero attached hydrogens (tertiary/aromatic N) is 3. The second-order valence-corrected chi connectivity index (χ2v) is 5.39. The molecule has 4 heteroatoms. The predicted molar refractivity (Wildman–Crippen MR) is 81.1 cm³/mol. The van der Waals surface area contributed by atoms with Gasteiger partial charge in [0.15, 0.2) is 0 Å². The molecule has 20 heavy (non-hydrogen) atoms. The summed E-state index contributed by atoms with van der Waals surface area (Å²) in [6.45, 7) is 5.97. The number of aryl methyl sites for hydroxylation is 2. The van der Waals surface area contributed by atoms with Gasteiger partial charge in [0, 0.05) is 24.0 Å². The lowest BCUT2D eigenvalue weighted by Gasteiger charge is -2.16. The molecule has 0 fully saturated rings. The van der Waals surface area contributed by atoms with Crippen molar-refractivity contribution in [2.45, 2.75) is 46.1 Å². The average Bonchev–Trinajstić information content (AvgIpc) is 2.78. The van der Waals surface area contributed by atoms with E-state index in [4.69, 9.17) is 4.98 Å². The molecule has 0 saturated heterocycles. The summed E-state index contributed by atoms with van der Waals surface area (Å²) in [6, 6.07) is 4.16. The van der Waals surface area contributed by atoms with E-state index in [1.165, 1.54) is 29.8 Å². The van der Waals surface area contributed by atoms with E-state index in [9.17, 15) is 0 Å². The quantitative estimate of drug-likeness (QED) is 0.929. The molecule has 2 aromatic rings. The van der Waals surface area contributed by atoms with Crippen molar-refractivity contribution in [2.75, 3.05) is 11.9 Å². The van der Waals surface area contributed by atoms with E-state index in [0.29, 0.717) is 0 Å². The second-order valence-electron chi connectivity index (χ2n) is 5.39. The summed E-state index contributed by atoms with van der Waals surface area (Å²) in [5.41, 5.74) is 3.98. The van der Waals surface area contributed by atoms with Crippen molar-refractivity contribution in [3.05, 3.63) is 41.1 Å². The molecule has 1 aliphatic carbocycles. The normalized spacial score (nSPS) is 14.1. The first-order valence-corrected chi connectivity index (χ1v) is 7.52. The number of pyridine rings is 1. The van der Waals surface area contributed by atoms with Crippen molar-refractivity contribution in [1.82, 2.24) is 14.5 Å². The lowest BCUT2D eigenvalue weighted by molar-refractivity contribution is 0.624. The van der Waals surface area contributed by atoms with Crippen LogP contribution in [0, 0.1) is 6.92 Å². The number of rotatable bonds is 4. The fourth-order valence-electron chi connectivity index (χ4n) is 3.01. The fraction of sp³-hybridized carbons (Fsp3) is 0.500. The van der Waals surface area contributed by atoms with Gasteiger partial charge in [-0.25, -0.2) is 9.97 Å². The van der Waals surface area contributed by atoms with Crippen LogP contribution >= 0.6 is 0 Å². The minimum atomic E-state index is 0.865. The van der Waals surface area contributed by atoms with E-state index in [-0.39, 0.29) is 0 Å². The van der Waals surface area contributed by atoms with Crippen molar-refractivity contribution >= 4 is 5.82 Å². The number of nitrogens with one attached hydrogen (secondary N) is 1. The van der Waals surface area contributed by atoms with Crippen molar-refractivity contribution < 1.29 is 0 Å². The van der Waals surface area contributed by atoms with Crippen LogP contribution in [0.25, 0.3) is 0 Å². The summed E-state index contributed by atoms with van der Waals surface area (Å²) >= 11 is 0. The third-order valence-corrected chi connectivity index (χ3v) is 3.99. The maximum absolute atomic E-state index is 4.75. The molecule has 0 radical (unpaired) electrons. The molecule has 4 nitrogen and oxygen atoms in total. The van der Waals surface area contributed by atoms with Gasteiger partial charge in [-0.3, -0.25) is 0 Å². The number of imidazole rings is 1. The van der Waals surface area contributed by atoms with Crippen LogP contribution in [0.1, 0.15) is 42.5 Å². The van der Waals surface area contributed by atoms with Gasteiger partial charge in [-0.1, -0.05) is 6.07 Å². The Bertz CT molecular complexity index is 601. The molecule has 2 heterocycles. The Hall–Kier alpha value is -1.84. The molecule has 0 unspecified atom stereocenters. The molecule has 1 N–H and O–H groups in total. The van der Waals surface area contributed by atoms with Crippen LogP contribution in [0.15, 0.2) is 18.3 Å². The van der Waals surface area contributed by atoms with Crippen LogP contribution in [-0.4, -0.2) is 21.1 Å². The smallest absolute Gasteiger partial charge is 0.130 e. The highest BCUT2D eigenvalue weighted by Crippen LogP contribution is 2.24. The number of aromatic nitrogens is 3. The highest BCUT2D eigenvalue weighted by molar-refractivity contribution is 5.44. The third-order valence-electron chi connectivity index (χ3n) is 3.99. The zero-order chi connectivity index (χ0) is 13.9. The predicted octanol–water partition coefficient (Wildman–Crippen LogP) is 2.95. The van der Waals surface area contributed by atoms with E-state index < -0.39 is 0 Å². The molecule has 0 bridgehead atoms. The zero-order valence-electron chi connectivity index (χ0n) is 12.3. The minimum Gasteiger partial charge on any atom is -0.370 e. The Balaban J connectivity index is 1.93. The Labute approximate surface area is 120 Å². The van der Waals surface area contributed by atoms with E-state index >= 15 is 0 Å². The molecule has 0 saturated carbocycles. The Morgan fingerprint density at radius 2 is 2.15 bits per heavy atom. The molecule has 0 spiro atoms. The highest BCUT2D eigenvalue weighted by Gasteiger charge is 2.18. The Morgan fingerprint density at radius 1 is 1.30 bits per heavy atom. The average molecular weight is 270 g/mol. The van der Waals surface area contributed by atoms with Crippen LogP contribution in [0.2, 0.25) is 0 Å². The molecular formula is C16H22N4. The molecule has 3 rings (SSSR count). The lowest BCUT2D eigenvalue weighted by Crippen LogP contribution is -2.12. The number of anilines is 1. The summed E-state index contributed by atoms with van der Waals surface area (Å²) in [7, 11) is 0. The van der Waals surface area contributed by atoms with E-state index in [0.717, 1.165) is 37.6 Å². The number of fused-ring (bicyclic) bond motifs is 1. The molecule has 106 valence electrons. The van der Waals surface area contributed by atoms with Gasteiger partial charge in [-0.15, -0.1) is 0 Å². The van der Waals surface area contributed by atoms with E-state index in [2.05, 4.69) is 34.8 Å². The first-order valence-electron chi connectivity index (χ1n) is 7.52. The molecule has 0 aliphatic heterocycles. The number of hydrogen-bond acceptors (Lipinski definition) is 3. The Kier molecular flexibility index (Phi) is 3.72. The first kappa shape index (κ1) is 13.2. The largest absolute Gasteiger partial charge is 0.370 e. The lowest BCUT2D eigenvalue weighted by atomic mass is 10.0. The number of hydrogen-bond donors (Lipinski definition) is 1. The van der Waals surface area contributed by atoms with Crippen molar-refractivity contribution in [2.24, 2.45) is 0 Å². The Morgan fingerprint density at radius 3 is 3.00 bits per heavy atom. The molecule has 0 atom stereocenters. The fourth-order valence-corrected chi connectivity index (χ4v) is 3.01. The maximum atomic E-state index is 4.75. The van der Waals surface area contributed by atoms with E-state index in [1.54, 1.807) is 0 Å². The standard InChI is InChI=1S/C16H22N4/c1-3-17-16-13(7-6-10-18-16)11-20-12(2)19-14-8-4-5-9-15(14)20/h6-7,10H,3-5,8-9,11H2,1-2H3,(H,17,18). The van der Waals surface area contributed by atoms with Gasteiger partial charge in [-0.05, 0) is 45.6 Å². The first-order chi connectivity index (χ1) is 9.79. The van der Waals surface area contributed by atoms with Crippen molar-refractivity contribution in [3.8, 4) is 0 Å². The molecule has 1 aliphatic rings.